The molecule has 5 heteroatoms. The van der Waals surface area contributed by atoms with Crippen LogP contribution in [0.15, 0.2) is 42.5 Å². The quantitative estimate of drug-likeness (QED) is 0.778. The maximum absolute atomic E-state index is 11.3. The fraction of sp³-hybridized carbons (Fsp3) is 0.381. The molecule has 3 rings (SSSR count). The molecule has 1 unspecified atom stereocenters. The van der Waals surface area contributed by atoms with E-state index in [9.17, 15) is 9.90 Å². The first-order chi connectivity index (χ1) is 12.5. The highest BCUT2D eigenvalue weighted by molar-refractivity contribution is 5.90. The Balaban J connectivity index is 1.93. The Bertz CT molecular complexity index is 791. The number of hydrogen-bond donors (Lipinski definition) is 1. The van der Waals surface area contributed by atoms with E-state index in [1.54, 1.807) is 12.1 Å². The van der Waals surface area contributed by atoms with Crippen molar-refractivity contribution in [3.8, 4) is 11.5 Å². The molecule has 2 aromatic carbocycles. The monoisotopic (exact) mass is 354 g/mol. The highest BCUT2D eigenvalue weighted by Gasteiger charge is 2.26. The number of fused-ring (bicyclic) bond motifs is 2. The highest BCUT2D eigenvalue weighted by Crippen LogP contribution is 2.46. The molecular weight excluding hydrogens is 328 g/mol. The molecular formula is C21H26N2O3. The summed E-state index contributed by atoms with van der Waals surface area (Å²) >= 11 is 0. The van der Waals surface area contributed by atoms with Crippen molar-refractivity contribution in [3.05, 3.63) is 48.0 Å². The number of rotatable bonds is 7. The number of hydrogen-bond acceptors (Lipinski definition) is 4. The van der Waals surface area contributed by atoms with E-state index >= 15 is 0 Å². The number of anilines is 2. The molecule has 5 nitrogen and oxygen atoms in total. The molecule has 1 aliphatic heterocycles. The van der Waals surface area contributed by atoms with Gasteiger partial charge in [-0.1, -0.05) is 26.0 Å². The topological polar surface area (TPSA) is 53.0 Å². The number of carbonyl (C=O) groups is 1. The summed E-state index contributed by atoms with van der Waals surface area (Å²) in [7, 11) is 2.16. The minimum absolute atomic E-state index is 0.236. The van der Waals surface area contributed by atoms with E-state index in [4.69, 9.17) is 4.74 Å². The summed E-state index contributed by atoms with van der Waals surface area (Å²) in [5.74, 6) is 0.414. The summed E-state index contributed by atoms with van der Waals surface area (Å²) in [6.07, 6.45) is 2.12. The van der Waals surface area contributed by atoms with Crippen LogP contribution < -0.4 is 9.64 Å². The molecule has 1 N–H and O–H groups in total. The molecule has 0 aliphatic carbocycles. The molecule has 0 saturated carbocycles. The summed E-state index contributed by atoms with van der Waals surface area (Å²) in [6, 6.07) is 13.5. The van der Waals surface area contributed by atoms with Gasteiger partial charge in [-0.2, -0.15) is 0 Å². The number of aromatic carboxylic acids is 1. The zero-order valence-electron chi connectivity index (χ0n) is 15.6. The fourth-order valence-electron chi connectivity index (χ4n) is 3.48. The number of carboxylic acids is 1. The Kier molecular flexibility index (Phi) is 5.47. The Morgan fingerprint density at radius 3 is 2.58 bits per heavy atom. The van der Waals surface area contributed by atoms with Crippen LogP contribution in [0.4, 0.5) is 11.4 Å². The summed E-state index contributed by atoms with van der Waals surface area (Å²) in [6.45, 7) is 6.27. The summed E-state index contributed by atoms with van der Waals surface area (Å²) in [4.78, 5) is 15.9. The number of ether oxygens (including phenoxy) is 1. The molecule has 26 heavy (non-hydrogen) atoms. The van der Waals surface area contributed by atoms with Gasteiger partial charge in [0, 0.05) is 12.6 Å². The first kappa shape index (κ1) is 18.3. The Hall–Kier alpha value is -2.53. The molecule has 0 aromatic heterocycles. The smallest absolute Gasteiger partial charge is 0.335 e. The van der Waals surface area contributed by atoms with Gasteiger partial charge in [0.2, 0.25) is 0 Å². The lowest BCUT2D eigenvalue weighted by molar-refractivity contribution is 0.0696. The van der Waals surface area contributed by atoms with Crippen molar-refractivity contribution in [1.29, 1.82) is 0 Å². The van der Waals surface area contributed by atoms with Crippen LogP contribution in [-0.4, -0.2) is 42.2 Å². The molecule has 0 fully saturated rings. The second-order valence-corrected chi connectivity index (χ2v) is 6.63. The maximum Gasteiger partial charge on any atom is 0.335 e. The van der Waals surface area contributed by atoms with Crippen molar-refractivity contribution in [3.63, 3.8) is 0 Å². The Labute approximate surface area is 154 Å². The molecule has 2 aromatic rings. The lowest BCUT2D eigenvalue weighted by Gasteiger charge is -2.35. The van der Waals surface area contributed by atoms with Crippen LogP contribution >= 0.6 is 0 Å². The van der Waals surface area contributed by atoms with Crippen molar-refractivity contribution in [1.82, 2.24) is 4.90 Å². The van der Waals surface area contributed by atoms with Gasteiger partial charge in [0.1, 0.15) is 0 Å². The molecule has 1 heterocycles. The van der Waals surface area contributed by atoms with Crippen LogP contribution in [-0.2, 0) is 0 Å². The normalized spacial score (nSPS) is 13.8. The van der Waals surface area contributed by atoms with Gasteiger partial charge in [-0.05, 0) is 56.8 Å². The molecule has 0 bridgehead atoms. The van der Waals surface area contributed by atoms with E-state index in [1.807, 2.05) is 30.3 Å². The molecule has 1 atom stereocenters. The third kappa shape index (κ3) is 3.53. The van der Waals surface area contributed by atoms with Crippen LogP contribution in [0.5, 0.6) is 11.5 Å². The summed E-state index contributed by atoms with van der Waals surface area (Å²) < 4.78 is 5.98. The molecule has 0 amide bonds. The van der Waals surface area contributed by atoms with Crippen LogP contribution in [0.25, 0.3) is 0 Å². The number of benzene rings is 2. The lowest BCUT2D eigenvalue weighted by Crippen LogP contribution is -2.34. The number of carboxylic acid groups (broad SMARTS) is 1. The third-order valence-electron chi connectivity index (χ3n) is 5.15. The predicted molar refractivity (Wildman–Crippen MR) is 104 cm³/mol. The zero-order chi connectivity index (χ0) is 18.7. The molecule has 138 valence electrons. The van der Waals surface area contributed by atoms with Crippen LogP contribution in [0, 0.1) is 0 Å². The summed E-state index contributed by atoms with van der Waals surface area (Å²) in [5.41, 5.74) is 2.18. The van der Waals surface area contributed by atoms with Gasteiger partial charge in [-0.25, -0.2) is 4.79 Å². The first-order valence-electron chi connectivity index (χ1n) is 9.17. The molecule has 0 spiro atoms. The van der Waals surface area contributed by atoms with Crippen molar-refractivity contribution in [2.75, 3.05) is 25.0 Å². The van der Waals surface area contributed by atoms with E-state index in [0.717, 1.165) is 43.1 Å². The highest BCUT2D eigenvalue weighted by atomic mass is 16.5. The fourth-order valence-corrected chi connectivity index (χ4v) is 3.48. The number of para-hydroxylation sites is 2. The molecule has 0 saturated heterocycles. The SMILES string of the molecule is CCC(CCN1c2ccccc2Oc2cc(C(=O)O)ccc21)N(C)CC. The van der Waals surface area contributed by atoms with Gasteiger partial charge >= 0.3 is 5.97 Å². The van der Waals surface area contributed by atoms with Crippen LogP contribution in [0.1, 0.15) is 37.0 Å². The lowest BCUT2D eigenvalue weighted by atomic mass is 10.1. The largest absolute Gasteiger partial charge is 0.478 e. The second-order valence-electron chi connectivity index (χ2n) is 6.63. The third-order valence-corrected chi connectivity index (χ3v) is 5.15. The van der Waals surface area contributed by atoms with E-state index < -0.39 is 5.97 Å². The van der Waals surface area contributed by atoms with Gasteiger partial charge in [-0.3, -0.25) is 0 Å². The average Bonchev–Trinajstić information content (AvgIpc) is 2.66. The predicted octanol–water partition coefficient (Wildman–Crippen LogP) is 4.75. The van der Waals surface area contributed by atoms with Gasteiger partial charge < -0.3 is 19.6 Å². The van der Waals surface area contributed by atoms with E-state index in [2.05, 4.69) is 30.7 Å². The van der Waals surface area contributed by atoms with Crippen molar-refractivity contribution < 1.29 is 14.6 Å². The first-order valence-corrected chi connectivity index (χ1v) is 9.17. The van der Waals surface area contributed by atoms with Crippen LogP contribution in [0.2, 0.25) is 0 Å². The van der Waals surface area contributed by atoms with Crippen molar-refractivity contribution >= 4 is 17.3 Å². The van der Waals surface area contributed by atoms with Crippen molar-refractivity contribution in [2.24, 2.45) is 0 Å². The summed E-state index contributed by atoms with van der Waals surface area (Å²) in [5, 5.41) is 9.27. The van der Waals surface area contributed by atoms with E-state index in [1.165, 1.54) is 0 Å². The minimum atomic E-state index is -0.947. The van der Waals surface area contributed by atoms with Gasteiger partial charge in [0.05, 0.1) is 16.9 Å². The average molecular weight is 354 g/mol. The molecule has 1 aliphatic rings. The van der Waals surface area contributed by atoms with Gasteiger partial charge in [-0.15, -0.1) is 0 Å². The van der Waals surface area contributed by atoms with Gasteiger partial charge in [0.25, 0.3) is 0 Å². The standard InChI is InChI=1S/C21H26N2O3/c1-4-16(22(3)5-2)12-13-23-17-8-6-7-9-19(17)26-20-14-15(21(24)25)10-11-18(20)23/h6-11,14,16H,4-5,12-13H2,1-3H3,(H,24,25). The Morgan fingerprint density at radius 2 is 1.88 bits per heavy atom. The van der Waals surface area contributed by atoms with Gasteiger partial charge in [0.15, 0.2) is 11.5 Å². The zero-order valence-corrected chi connectivity index (χ0v) is 15.6. The number of nitrogens with zero attached hydrogens (tertiary/aromatic N) is 2. The Morgan fingerprint density at radius 1 is 1.15 bits per heavy atom. The maximum atomic E-state index is 11.3. The van der Waals surface area contributed by atoms with Crippen LogP contribution in [0.3, 0.4) is 0 Å². The van der Waals surface area contributed by atoms with E-state index in [0.29, 0.717) is 11.8 Å². The molecule has 0 radical (unpaired) electrons. The van der Waals surface area contributed by atoms with E-state index in [-0.39, 0.29) is 5.56 Å². The minimum Gasteiger partial charge on any atom is -0.478 e. The van der Waals surface area contributed by atoms with Crippen molar-refractivity contribution in [2.45, 2.75) is 32.7 Å². The second kappa shape index (κ2) is 7.79.